The number of aryl methyl sites for hydroxylation is 1. The SMILES string of the molecule is Cc1nc2c(c(C)c1CN)CN(CC(=O)N1CCCC1)C2=O. The van der Waals surface area contributed by atoms with Crippen LogP contribution in [0.5, 0.6) is 0 Å². The number of carbonyl (C=O) groups excluding carboxylic acids is 2. The van der Waals surface area contributed by atoms with E-state index in [0.717, 1.165) is 48.3 Å². The quantitative estimate of drug-likeness (QED) is 0.893. The van der Waals surface area contributed by atoms with Gasteiger partial charge in [-0.25, -0.2) is 4.98 Å². The maximum Gasteiger partial charge on any atom is 0.273 e. The van der Waals surface area contributed by atoms with Gasteiger partial charge >= 0.3 is 0 Å². The Morgan fingerprint density at radius 3 is 2.59 bits per heavy atom. The predicted octanol–water partition coefficient (Wildman–Crippen LogP) is 0.735. The summed E-state index contributed by atoms with van der Waals surface area (Å²) < 4.78 is 0. The number of hydrogen-bond donors (Lipinski definition) is 1. The molecule has 1 saturated heterocycles. The number of nitrogens with zero attached hydrogens (tertiary/aromatic N) is 3. The van der Waals surface area contributed by atoms with Crippen molar-refractivity contribution < 1.29 is 9.59 Å². The maximum absolute atomic E-state index is 12.5. The first-order chi connectivity index (χ1) is 10.5. The van der Waals surface area contributed by atoms with Gasteiger partial charge in [0.15, 0.2) is 0 Å². The van der Waals surface area contributed by atoms with Crippen LogP contribution in [0.3, 0.4) is 0 Å². The molecule has 6 nitrogen and oxygen atoms in total. The number of nitrogens with two attached hydrogens (primary N) is 1. The van der Waals surface area contributed by atoms with Crippen LogP contribution in [-0.4, -0.2) is 46.2 Å². The normalized spacial score (nSPS) is 17.3. The van der Waals surface area contributed by atoms with Gasteiger partial charge in [-0.2, -0.15) is 0 Å². The Balaban J connectivity index is 1.82. The van der Waals surface area contributed by atoms with E-state index in [-0.39, 0.29) is 18.4 Å². The van der Waals surface area contributed by atoms with Gasteiger partial charge in [-0.1, -0.05) is 0 Å². The Bertz CT molecular complexity index is 636. The lowest BCUT2D eigenvalue weighted by atomic mass is 10.0. The second-order valence-electron chi connectivity index (χ2n) is 6.08. The number of rotatable bonds is 3. The third-order valence-corrected chi connectivity index (χ3v) is 4.74. The first-order valence-corrected chi connectivity index (χ1v) is 7.79. The number of carbonyl (C=O) groups is 2. The Morgan fingerprint density at radius 2 is 1.95 bits per heavy atom. The molecule has 0 aliphatic carbocycles. The van der Waals surface area contributed by atoms with Gasteiger partial charge in [0.25, 0.3) is 5.91 Å². The maximum atomic E-state index is 12.5. The zero-order valence-corrected chi connectivity index (χ0v) is 13.2. The molecule has 6 heteroatoms. The van der Waals surface area contributed by atoms with Crippen LogP contribution < -0.4 is 5.73 Å². The van der Waals surface area contributed by atoms with Crippen molar-refractivity contribution in [3.8, 4) is 0 Å². The summed E-state index contributed by atoms with van der Waals surface area (Å²) in [6, 6.07) is 0. The van der Waals surface area contributed by atoms with Gasteiger partial charge in [0.1, 0.15) is 12.2 Å². The third kappa shape index (κ3) is 2.37. The molecule has 2 amide bonds. The average Bonchev–Trinajstić information content (AvgIpc) is 3.11. The standard InChI is InChI=1S/C16H22N4O2/c1-10-12(7-17)11(2)18-15-13(10)8-20(16(15)22)9-14(21)19-5-3-4-6-19/h3-9,17H2,1-2H3. The van der Waals surface area contributed by atoms with Crippen molar-refractivity contribution in [3.05, 3.63) is 28.1 Å². The van der Waals surface area contributed by atoms with Crippen molar-refractivity contribution in [2.45, 2.75) is 39.8 Å². The summed E-state index contributed by atoms with van der Waals surface area (Å²) >= 11 is 0. The van der Waals surface area contributed by atoms with E-state index in [0.29, 0.717) is 18.8 Å². The molecule has 2 N–H and O–H groups in total. The fraction of sp³-hybridized carbons (Fsp3) is 0.562. The van der Waals surface area contributed by atoms with E-state index < -0.39 is 0 Å². The fourth-order valence-electron chi connectivity index (χ4n) is 3.37. The second kappa shape index (κ2) is 5.68. The van der Waals surface area contributed by atoms with Gasteiger partial charge in [0.05, 0.1) is 0 Å². The molecule has 0 spiro atoms. The van der Waals surface area contributed by atoms with E-state index in [9.17, 15) is 9.59 Å². The molecular weight excluding hydrogens is 280 g/mol. The van der Waals surface area contributed by atoms with E-state index >= 15 is 0 Å². The molecule has 1 aromatic rings. The van der Waals surface area contributed by atoms with Crippen molar-refractivity contribution in [1.29, 1.82) is 0 Å². The average molecular weight is 302 g/mol. The van der Waals surface area contributed by atoms with Crippen LogP contribution in [0.15, 0.2) is 0 Å². The number of amides is 2. The van der Waals surface area contributed by atoms with Gasteiger partial charge in [0.2, 0.25) is 5.91 Å². The van der Waals surface area contributed by atoms with E-state index in [1.165, 1.54) is 0 Å². The van der Waals surface area contributed by atoms with Crippen molar-refractivity contribution in [2.24, 2.45) is 5.73 Å². The van der Waals surface area contributed by atoms with Gasteiger partial charge in [-0.3, -0.25) is 9.59 Å². The first kappa shape index (κ1) is 15.0. The molecule has 3 heterocycles. The summed E-state index contributed by atoms with van der Waals surface area (Å²) in [6.45, 7) is 6.49. The van der Waals surface area contributed by atoms with Gasteiger partial charge in [0, 0.05) is 37.4 Å². The summed E-state index contributed by atoms with van der Waals surface area (Å²) in [5.74, 6) is -0.107. The largest absolute Gasteiger partial charge is 0.341 e. The van der Waals surface area contributed by atoms with Crippen LogP contribution in [0.2, 0.25) is 0 Å². The molecule has 1 fully saturated rings. The Labute approximate surface area is 130 Å². The summed E-state index contributed by atoms with van der Waals surface area (Å²) in [5, 5.41) is 0. The second-order valence-corrected chi connectivity index (χ2v) is 6.08. The highest BCUT2D eigenvalue weighted by Crippen LogP contribution is 2.28. The van der Waals surface area contributed by atoms with Crippen molar-refractivity contribution >= 4 is 11.8 Å². The van der Waals surface area contributed by atoms with Crippen LogP contribution in [-0.2, 0) is 17.9 Å². The van der Waals surface area contributed by atoms with E-state index in [4.69, 9.17) is 5.73 Å². The van der Waals surface area contributed by atoms with E-state index in [1.54, 1.807) is 4.90 Å². The van der Waals surface area contributed by atoms with Crippen LogP contribution in [0.25, 0.3) is 0 Å². The number of likely N-dealkylation sites (tertiary alicyclic amines) is 1. The van der Waals surface area contributed by atoms with Crippen molar-refractivity contribution in [2.75, 3.05) is 19.6 Å². The minimum absolute atomic E-state index is 0.0343. The van der Waals surface area contributed by atoms with Crippen molar-refractivity contribution in [3.63, 3.8) is 0 Å². The lowest BCUT2D eigenvalue weighted by molar-refractivity contribution is -0.130. The molecule has 0 atom stereocenters. The smallest absolute Gasteiger partial charge is 0.273 e. The minimum Gasteiger partial charge on any atom is -0.341 e. The zero-order valence-electron chi connectivity index (χ0n) is 13.2. The summed E-state index contributed by atoms with van der Waals surface area (Å²) in [7, 11) is 0. The van der Waals surface area contributed by atoms with Gasteiger partial charge in [-0.15, -0.1) is 0 Å². The van der Waals surface area contributed by atoms with Crippen LogP contribution >= 0.6 is 0 Å². The molecule has 0 bridgehead atoms. The molecule has 1 aromatic heterocycles. The van der Waals surface area contributed by atoms with Crippen molar-refractivity contribution in [1.82, 2.24) is 14.8 Å². The predicted molar refractivity (Wildman–Crippen MR) is 82.2 cm³/mol. The highest BCUT2D eigenvalue weighted by molar-refractivity contribution is 5.99. The molecule has 0 unspecified atom stereocenters. The summed E-state index contributed by atoms with van der Waals surface area (Å²) in [4.78, 5) is 32.6. The molecule has 3 rings (SSSR count). The monoisotopic (exact) mass is 302 g/mol. The van der Waals surface area contributed by atoms with Crippen LogP contribution in [0.1, 0.15) is 45.7 Å². The van der Waals surface area contributed by atoms with Gasteiger partial charge in [-0.05, 0) is 37.8 Å². The number of fused-ring (bicyclic) bond motifs is 1. The fourth-order valence-corrected chi connectivity index (χ4v) is 3.37. The highest BCUT2D eigenvalue weighted by Gasteiger charge is 2.34. The molecular formula is C16H22N4O2. The summed E-state index contributed by atoms with van der Waals surface area (Å²) in [6.07, 6.45) is 2.11. The Kier molecular flexibility index (Phi) is 3.87. The van der Waals surface area contributed by atoms with Crippen LogP contribution in [0, 0.1) is 13.8 Å². The molecule has 2 aliphatic rings. The summed E-state index contributed by atoms with van der Waals surface area (Å²) in [5.41, 5.74) is 10.0. The molecule has 0 radical (unpaired) electrons. The lowest BCUT2D eigenvalue weighted by Crippen LogP contribution is -2.39. The molecule has 118 valence electrons. The van der Waals surface area contributed by atoms with E-state index in [1.807, 2.05) is 18.7 Å². The topological polar surface area (TPSA) is 79.5 Å². The molecule has 0 aromatic carbocycles. The zero-order chi connectivity index (χ0) is 15.9. The number of aromatic nitrogens is 1. The van der Waals surface area contributed by atoms with Crippen LogP contribution in [0.4, 0.5) is 0 Å². The Hall–Kier alpha value is -1.95. The third-order valence-electron chi connectivity index (χ3n) is 4.74. The molecule has 0 saturated carbocycles. The Morgan fingerprint density at radius 1 is 1.27 bits per heavy atom. The molecule has 22 heavy (non-hydrogen) atoms. The first-order valence-electron chi connectivity index (χ1n) is 7.79. The highest BCUT2D eigenvalue weighted by atomic mass is 16.2. The number of hydrogen-bond acceptors (Lipinski definition) is 4. The van der Waals surface area contributed by atoms with Gasteiger partial charge < -0.3 is 15.5 Å². The van der Waals surface area contributed by atoms with E-state index in [2.05, 4.69) is 4.98 Å². The lowest BCUT2D eigenvalue weighted by Gasteiger charge is -2.20. The minimum atomic E-state index is -0.141. The number of pyridine rings is 1. The molecule has 2 aliphatic heterocycles.